The van der Waals surface area contributed by atoms with E-state index < -0.39 is 10.8 Å². The third-order valence-corrected chi connectivity index (χ3v) is 4.91. The van der Waals surface area contributed by atoms with Gasteiger partial charge in [-0.05, 0) is 42.8 Å². The molecule has 0 aliphatic carbocycles. The van der Waals surface area contributed by atoms with Crippen LogP contribution in [0.5, 0.6) is 5.75 Å². The Morgan fingerprint density at radius 2 is 2.04 bits per heavy atom. The van der Waals surface area contributed by atoms with Gasteiger partial charge in [-0.15, -0.1) is 0 Å². The van der Waals surface area contributed by atoms with Crippen LogP contribution in [0.3, 0.4) is 0 Å². The van der Waals surface area contributed by atoms with Gasteiger partial charge in [0.05, 0.1) is 16.2 Å². The van der Waals surface area contributed by atoms with Gasteiger partial charge >= 0.3 is 0 Å². The van der Waals surface area contributed by atoms with Crippen LogP contribution in [-0.4, -0.2) is 22.0 Å². The lowest BCUT2D eigenvalue weighted by atomic mass is 10.2. The highest BCUT2D eigenvalue weighted by molar-refractivity contribution is 7.16. The number of rotatable bonds is 5. The number of thiazole rings is 1. The number of carbonyl (C=O) groups excluding carboxylic acids is 1. The first-order valence-corrected chi connectivity index (χ1v) is 9.04. The molecule has 1 aromatic heterocycles. The van der Waals surface area contributed by atoms with Crippen LogP contribution >= 0.6 is 11.3 Å². The predicted molar refractivity (Wildman–Crippen MR) is 105 cm³/mol. The molecular formula is C19H17N3O4S. The molecule has 0 N–H and O–H groups in total. The van der Waals surface area contributed by atoms with Gasteiger partial charge in [-0.2, -0.15) is 4.99 Å². The summed E-state index contributed by atoms with van der Waals surface area (Å²) >= 11 is 1.41. The van der Waals surface area contributed by atoms with E-state index in [2.05, 4.69) is 4.99 Å². The van der Waals surface area contributed by atoms with Crippen molar-refractivity contribution in [2.75, 3.05) is 6.61 Å². The molecule has 0 aliphatic rings. The predicted octanol–water partition coefficient (Wildman–Crippen LogP) is 3.69. The fourth-order valence-electron chi connectivity index (χ4n) is 2.55. The molecule has 3 rings (SSSR count). The first-order chi connectivity index (χ1) is 13.0. The molecule has 0 unspecified atom stereocenters. The van der Waals surface area contributed by atoms with Crippen molar-refractivity contribution in [3.63, 3.8) is 0 Å². The summed E-state index contributed by atoms with van der Waals surface area (Å²) in [6.45, 7) is 2.47. The molecule has 7 nitrogen and oxygen atoms in total. The van der Waals surface area contributed by atoms with Crippen LogP contribution in [0.2, 0.25) is 0 Å². The van der Waals surface area contributed by atoms with Crippen molar-refractivity contribution in [2.45, 2.75) is 6.92 Å². The number of carbonyl (C=O) groups is 1. The van der Waals surface area contributed by atoms with Gasteiger partial charge in [-0.1, -0.05) is 17.4 Å². The second kappa shape index (κ2) is 7.96. The van der Waals surface area contributed by atoms with E-state index in [-0.39, 0.29) is 5.69 Å². The number of amides is 1. The largest absolute Gasteiger partial charge is 0.492 e. The van der Waals surface area contributed by atoms with E-state index in [1.54, 1.807) is 18.2 Å². The quantitative estimate of drug-likeness (QED) is 0.382. The van der Waals surface area contributed by atoms with Crippen LogP contribution in [0.1, 0.15) is 12.5 Å². The summed E-state index contributed by atoms with van der Waals surface area (Å²) < 4.78 is 8.46. The SMILES string of the molecule is CCOc1cccc2sc(=NC(=O)C=Cc3ccc([N+](=O)[O-])cc3)n(C)c12. The van der Waals surface area contributed by atoms with Gasteiger partial charge in [0.2, 0.25) is 0 Å². The Kier molecular flexibility index (Phi) is 5.46. The van der Waals surface area contributed by atoms with Crippen molar-refractivity contribution in [1.29, 1.82) is 0 Å². The number of aryl methyl sites for hydroxylation is 1. The van der Waals surface area contributed by atoms with Crippen molar-refractivity contribution in [3.8, 4) is 5.75 Å². The van der Waals surface area contributed by atoms with Gasteiger partial charge < -0.3 is 9.30 Å². The smallest absolute Gasteiger partial charge is 0.272 e. The van der Waals surface area contributed by atoms with E-state index >= 15 is 0 Å². The number of nitro groups is 1. The van der Waals surface area contributed by atoms with Crippen LogP contribution in [0.25, 0.3) is 16.3 Å². The highest BCUT2D eigenvalue weighted by atomic mass is 32.1. The number of hydrogen-bond donors (Lipinski definition) is 0. The Morgan fingerprint density at radius 3 is 2.70 bits per heavy atom. The summed E-state index contributed by atoms with van der Waals surface area (Å²) in [7, 11) is 1.84. The third kappa shape index (κ3) is 4.12. The van der Waals surface area contributed by atoms with Crippen molar-refractivity contribution in [3.05, 3.63) is 69.0 Å². The Labute approximate surface area is 159 Å². The average molecular weight is 383 g/mol. The molecule has 0 spiro atoms. The summed E-state index contributed by atoms with van der Waals surface area (Å²) in [5.74, 6) is 0.345. The van der Waals surface area contributed by atoms with Gasteiger partial charge in [0.1, 0.15) is 11.3 Å². The Hall–Kier alpha value is -3.26. The number of hydrogen-bond acceptors (Lipinski definition) is 5. The summed E-state index contributed by atoms with van der Waals surface area (Å²) in [4.78, 5) is 27.1. The number of ether oxygens (including phenoxy) is 1. The molecule has 1 amide bonds. The number of aromatic nitrogens is 1. The van der Waals surface area contributed by atoms with E-state index in [0.717, 1.165) is 16.0 Å². The van der Waals surface area contributed by atoms with Gasteiger partial charge in [0, 0.05) is 25.3 Å². The first-order valence-electron chi connectivity index (χ1n) is 8.22. The summed E-state index contributed by atoms with van der Waals surface area (Å²) in [5.41, 5.74) is 1.59. The maximum atomic E-state index is 12.2. The van der Waals surface area contributed by atoms with Crippen LogP contribution < -0.4 is 9.54 Å². The molecule has 0 atom stereocenters. The summed E-state index contributed by atoms with van der Waals surface area (Å²) in [5, 5.41) is 10.7. The molecule has 8 heteroatoms. The van der Waals surface area contributed by atoms with Crippen LogP contribution in [-0.2, 0) is 11.8 Å². The molecule has 27 heavy (non-hydrogen) atoms. The highest BCUT2D eigenvalue weighted by Crippen LogP contribution is 2.26. The Morgan fingerprint density at radius 1 is 1.30 bits per heavy atom. The molecule has 0 fully saturated rings. The number of fused-ring (bicyclic) bond motifs is 1. The number of nitro benzene ring substituents is 1. The molecule has 0 saturated carbocycles. The monoisotopic (exact) mass is 383 g/mol. The van der Waals surface area contributed by atoms with Gasteiger partial charge in [-0.25, -0.2) is 0 Å². The number of nitrogens with zero attached hydrogens (tertiary/aromatic N) is 3. The zero-order valence-electron chi connectivity index (χ0n) is 14.8. The number of non-ortho nitro benzene ring substituents is 1. The second-order valence-electron chi connectivity index (χ2n) is 5.61. The molecule has 0 saturated heterocycles. The zero-order valence-corrected chi connectivity index (χ0v) is 15.6. The molecule has 3 aromatic rings. The van der Waals surface area contributed by atoms with Crippen molar-refractivity contribution < 1.29 is 14.5 Å². The zero-order chi connectivity index (χ0) is 19.4. The normalized spacial score (nSPS) is 12.0. The highest BCUT2D eigenvalue weighted by Gasteiger charge is 2.09. The molecule has 1 heterocycles. The van der Waals surface area contributed by atoms with Crippen LogP contribution in [0, 0.1) is 10.1 Å². The summed E-state index contributed by atoms with van der Waals surface area (Å²) in [6.07, 6.45) is 2.92. The Bertz CT molecular complexity index is 1090. The van der Waals surface area contributed by atoms with Gasteiger partial charge in [0.15, 0.2) is 4.80 Å². The number of benzene rings is 2. The van der Waals surface area contributed by atoms with Crippen molar-refractivity contribution >= 4 is 39.2 Å². The molecule has 0 bridgehead atoms. The minimum absolute atomic E-state index is 0.00515. The second-order valence-corrected chi connectivity index (χ2v) is 6.62. The third-order valence-electron chi connectivity index (χ3n) is 3.81. The number of para-hydroxylation sites is 1. The molecular weight excluding hydrogens is 366 g/mol. The molecule has 0 radical (unpaired) electrons. The minimum Gasteiger partial charge on any atom is -0.492 e. The molecule has 0 aliphatic heterocycles. The maximum Gasteiger partial charge on any atom is 0.272 e. The van der Waals surface area contributed by atoms with E-state index in [1.807, 2.05) is 36.7 Å². The fraction of sp³-hybridized carbons (Fsp3) is 0.158. The van der Waals surface area contributed by atoms with Crippen molar-refractivity contribution in [2.24, 2.45) is 12.0 Å². The molecule has 2 aromatic carbocycles. The lowest BCUT2D eigenvalue weighted by molar-refractivity contribution is -0.384. The van der Waals surface area contributed by atoms with Gasteiger partial charge in [-0.3, -0.25) is 14.9 Å². The van der Waals surface area contributed by atoms with E-state index in [0.29, 0.717) is 17.0 Å². The molecule has 138 valence electrons. The fourth-order valence-corrected chi connectivity index (χ4v) is 3.59. The van der Waals surface area contributed by atoms with Gasteiger partial charge in [0.25, 0.3) is 11.6 Å². The first kappa shape index (κ1) is 18.5. The lowest BCUT2D eigenvalue weighted by Gasteiger charge is -2.05. The Balaban J connectivity index is 1.87. The lowest BCUT2D eigenvalue weighted by Crippen LogP contribution is -2.12. The maximum absolute atomic E-state index is 12.2. The minimum atomic E-state index is -0.466. The van der Waals surface area contributed by atoms with Crippen LogP contribution in [0.15, 0.2) is 53.5 Å². The van der Waals surface area contributed by atoms with E-state index in [1.165, 1.54) is 29.5 Å². The van der Waals surface area contributed by atoms with E-state index in [9.17, 15) is 14.9 Å². The average Bonchev–Trinajstić information content (AvgIpc) is 2.97. The summed E-state index contributed by atoms with van der Waals surface area (Å²) in [6, 6.07) is 11.7. The van der Waals surface area contributed by atoms with Crippen LogP contribution in [0.4, 0.5) is 5.69 Å². The van der Waals surface area contributed by atoms with E-state index in [4.69, 9.17) is 4.74 Å². The standard InChI is InChI=1S/C19H17N3O4S/c1-3-26-15-5-4-6-16-18(15)21(2)19(27-16)20-17(23)12-9-13-7-10-14(11-8-13)22(24)25/h4-12H,3H2,1-2H3. The topological polar surface area (TPSA) is 86.7 Å². The van der Waals surface area contributed by atoms with Crippen molar-refractivity contribution in [1.82, 2.24) is 4.57 Å².